The van der Waals surface area contributed by atoms with Gasteiger partial charge < -0.3 is 20.3 Å². The molecule has 20 heavy (non-hydrogen) atoms. The number of Topliss-reactive ketones (excluding diaryl/α,β-unsaturated/α-hetero) is 1. The van der Waals surface area contributed by atoms with Crippen LogP contribution in [0.15, 0.2) is 24.3 Å². The van der Waals surface area contributed by atoms with Gasteiger partial charge in [0.05, 0.1) is 6.61 Å². The molecule has 0 amide bonds. The van der Waals surface area contributed by atoms with Crippen LogP contribution in [0.1, 0.15) is 30.6 Å². The minimum absolute atomic E-state index is 0.000463. The van der Waals surface area contributed by atoms with Crippen molar-refractivity contribution in [2.24, 2.45) is 0 Å². The molecule has 3 N–H and O–H groups in total. The van der Waals surface area contributed by atoms with E-state index in [2.05, 4.69) is 5.32 Å². The van der Waals surface area contributed by atoms with Crippen LogP contribution in [0.25, 0.3) is 0 Å². The molecule has 0 radical (unpaired) electrons. The second-order valence-electron chi connectivity index (χ2n) is 4.74. The highest BCUT2D eigenvalue weighted by Crippen LogP contribution is 2.12. The number of aliphatic hydroxyl groups excluding tert-OH is 2. The molecule has 0 aliphatic heterocycles. The summed E-state index contributed by atoms with van der Waals surface area (Å²) in [6.45, 7) is 4.05. The second kappa shape index (κ2) is 8.68. The Hall–Kier alpha value is -1.43. The second-order valence-corrected chi connectivity index (χ2v) is 4.74. The number of hydrogen-bond donors (Lipinski definition) is 3. The van der Waals surface area contributed by atoms with Gasteiger partial charge in [0.25, 0.3) is 0 Å². The molecule has 0 spiro atoms. The Morgan fingerprint density at radius 3 is 2.50 bits per heavy atom. The highest BCUT2D eigenvalue weighted by Gasteiger charge is 2.09. The van der Waals surface area contributed by atoms with Crippen molar-refractivity contribution in [2.45, 2.75) is 32.4 Å². The first-order valence-electron chi connectivity index (χ1n) is 6.83. The summed E-state index contributed by atoms with van der Waals surface area (Å²) in [5, 5.41) is 21.8. The van der Waals surface area contributed by atoms with Crippen molar-refractivity contribution in [1.82, 2.24) is 5.32 Å². The number of rotatable bonds is 9. The number of aliphatic hydroxyl groups is 2. The van der Waals surface area contributed by atoms with Gasteiger partial charge in [-0.25, -0.2) is 0 Å². The lowest BCUT2D eigenvalue weighted by molar-refractivity contribution is 0.0990. The summed E-state index contributed by atoms with van der Waals surface area (Å²) in [5.41, 5.74) is 0.633. The zero-order valence-electron chi connectivity index (χ0n) is 12.0. The Morgan fingerprint density at radius 2 is 2.00 bits per heavy atom. The Bertz CT molecular complexity index is 401. The van der Waals surface area contributed by atoms with Gasteiger partial charge in [-0.1, -0.05) is 6.92 Å². The molecule has 5 heteroatoms. The predicted molar refractivity (Wildman–Crippen MR) is 77.1 cm³/mol. The van der Waals surface area contributed by atoms with Crippen molar-refractivity contribution in [3.05, 3.63) is 29.8 Å². The van der Waals surface area contributed by atoms with Crippen LogP contribution in [0.3, 0.4) is 0 Å². The molecule has 5 nitrogen and oxygen atoms in total. The van der Waals surface area contributed by atoms with Crippen LogP contribution in [0.2, 0.25) is 0 Å². The van der Waals surface area contributed by atoms with Crippen LogP contribution >= 0.6 is 0 Å². The van der Waals surface area contributed by atoms with Crippen LogP contribution in [-0.4, -0.2) is 47.9 Å². The Kier molecular flexibility index (Phi) is 7.22. The molecule has 0 unspecified atom stereocenters. The molecular formula is C15H23NO4. The predicted octanol–water partition coefficient (Wildman–Crippen LogP) is 0.989. The summed E-state index contributed by atoms with van der Waals surface area (Å²) in [6, 6.07) is 6.81. The lowest BCUT2D eigenvalue weighted by Crippen LogP contribution is -2.39. The number of benzene rings is 1. The monoisotopic (exact) mass is 281 g/mol. The number of ether oxygens (including phenoxy) is 1. The molecule has 0 fully saturated rings. The Morgan fingerprint density at radius 1 is 1.35 bits per heavy atom. The largest absolute Gasteiger partial charge is 0.491 e. The fourth-order valence-electron chi connectivity index (χ4n) is 1.68. The lowest BCUT2D eigenvalue weighted by atomic mass is 10.1. The Labute approximate surface area is 119 Å². The fraction of sp³-hybridized carbons (Fsp3) is 0.533. The van der Waals surface area contributed by atoms with Gasteiger partial charge in [0.1, 0.15) is 18.5 Å². The van der Waals surface area contributed by atoms with Gasteiger partial charge in [-0.05, 0) is 37.6 Å². The van der Waals surface area contributed by atoms with E-state index in [4.69, 9.17) is 9.84 Å². The summed E-state index contributed by atoms with van der Waals surface area (Å²) in [5.74, 6) is 0.624. The quantitative estimate of drug-likeness (QED) is 0.588. The molecule has 2 atom stereocenters. The summed E-state index contributed by atoms with van der Waals surface area (Å²) < 4.78 is 5.44. The maximum Gasteiger partial charge on any atom is 0.159 e. The van der Waals surface area contributed by atoms with E-state index < -0.39 is 6.10 Å². The van der Waals surface area contributed by atoms with Gasteiger partial charge in [-0.15, -0.1) is 0 Å². The molecule has 0 saturated heterocycles. The topological polar surface area (TPSA) is 78.8 Å². The molecule has 1 aromatic rings. The maximum absolute atomic E-state index is 11.1. The van der Waals surface area contributed by atoms with E-state index in [1.807, 2.05) is 6.92 Å². The molecule has 0 heterocycles. The van der Waals surface area contributed by atoms with Crippen molar-refractivity contribution in [3.63, 3.8) is 0 Å². The molecule has 0 bridgehead atoms. The van der Waals surface area contributed by atoms with Gasteiger partial charge in [0.15, 0.2) is 5.78 Å². The van der Waals surface area contributed by atoms with Crippen LogP contribution in [0, 0.1) is 0 Å². The number of ketones is 1. The number of hydrogen-bond acceptors (Lipinski definition) is 5. The van der Waals surface area contributed by atoms with Crippen LogP contribution < -0.4 is 10.1 Å². The van der Waals surface area contributed by atoms with Crippen molar-refractivity contribution in [3.8, 4) is 5.75 Å². The Balaban J connectivity index is 2.33. The van der Waals surface area contributed by atoms with E-state index in [0.717, 1.165) is 6.42 Å². The molecule has 0 aliphatic carbocycles. The van der Waals surface area contributed by atoms with E-state index >= 15 is 0 Å². The van der Waals surface area contributed by atoms with Gasteiger partial charge >= 0.3 is 0 Å². The smallest absolute Gasteiger partial charge is 0.159 e. The highest BCUT2D eigenvalue weighted by atomic mass is 16.5. The van der Waals surface area contributed by atoms with Crippen molar-refractivity contribution < 1.29 is 19.7 Å². The lowest BCUT2D eigenvalue weighted by Gasteiger charge is -2.17. The average Bonchev–Trinajstić information content (AvgIpc) is 2.46. The molecule has 0 aromatic heterocycles. The molecule has 1 aromatic carbocycles. The van der Waals surface area contributed by atoms with Crippen LogP contribution in [0.5, 0.6) is 5.75 Å². The maximum atomic E-state index is 11.1. The SMILES string of the molecule is CC[C@H](CO)NC[C@@H](O)COc1ccc(C(C)=O)cc1. The van der Waals surface area contributed by atoms with Crippen LogP contribution in [0.4, 0.5) is 0 Å². The van der Waals surface area contributed by atoms with Crippen LogP contribution in [-0.2, 0) is 0 Å². The molecule has 1 rings (SSSR count). The zero-order chi connectivity index (χ0) is 15.0. The highest BCUT2D eigenvalue weighted by molar-refractivity contribution is 5.94. The molecular weight excluding hydrogens is 258 g/mol. The standard InChI is InChI=1S/C15H23NO4/c1-3-13(9-17)16-8-14(19)10-20-15-6-4-12(5-7-15)11(2)18/h4-7,13-14,16-17,19H,3,8-10H2,1-2H3/t13-,14-/m1/s1. The van der Waals surface area contributed by atoms with Gasteiger partial charge in [0, 0.05) is 18.2 Å². The third kappa shape index (κ3) is 5.69. The summed E-state index contributed by atoms with van der Waals surface area (Å²) >= 11 is 0. The minimum atomic E-state index is -0.650. The van der Waals surface area contributed by atoms with Crippen molar-refractivity contribution in [1.29, 1.82) is 0 Å². The van der Waals surface area contributed by atoms with E-state index in [9.17, 15) is 9.90 Å². The number of carbonyl (C=O) groups is 1. The molecule has 112 valence electrons. The summed E-state index contributed by atoms with van der Waals surface area (Å²) in [4.78, 5) is 11.1. The van der Waals surface area contributed by atoms with Crippen molar-refractivity contribution in [2.75, 3.05) is 19.8 Å². The van der Waals surface area contributed by atoms with Gasteiger partial charge in [-0.2, -0.15) is 0 Å². The normalized spacial score (nSPS) is 13.8. The van der Waals surface area contributed by atoms with Gasteiger partial charge in [-0.3, -0.25) is 4.79 Å². The first-order valence-corrected chi connectivity index (χ1v) is 6.83. The van der Waals surface area contributed by atoms with Crippen molar-refractivity contribution >= 4 is 5.78 Å². The third-order valence-electron chi connectivity index (χ3n) is 3.06. The minimum Gasteiger partial charge on any atom is -0.491 e. The molecule has 0 aliphatic rings. The fourth-order valence-corrected chi connectivity index (χ4v) is 1.68. The first-order chi connectivity index (χ1) is 9.56. The van der Waals surface area contributed by atoms with E-state index in [1.165, 1.54) is 6.92 Å². The third-order valence-corrected chi connectivity index (χ3v) is 3.06. The summed E-state index contributed by atoms with van der Waals surface area (Å²) in [7, 11) is 0. The zero-order valence-corrected chi connectivity index (χ0v) is 12.0. The van der Waals surface area contributed by atoms with E-state index in [-0.39, 0.29) is 25.0 Å². The first kappa shape index (κ1) is 16.6. The average molecular weight is 281 g/mol. The van der Waals surface area contributed by atoms with E-state index in [1.54, 1.807) is 24.3 Å². The number of nitrogens with one attached hydrogen (secondary N) is 1. The van der Waals surface area contributed by atoms with E-state index in [0.29, 0.717) is 17.9 Å². The molecule has 0 saturated carbocycles. The number of carbonyl (C=O) groups excluding carboxylic acids is 1. The summed E-state index contributed by atoms with van der Waals surface area (Å²) in [6.07, 6.45) is 0.152. The van der Waals surface area contributed by atoms with Gasteiger partial charge in [0.2, 0.25) is 0 Å².